The standard InChI is InChI=1S/C19H24FN5O/c1-26-13-17-12-25(23-22-17)10-14-4-6-24(7-5-14)11-15-9-21-19-3-2-16(20)8-18(15)19/h2-3,8-9,12,14,21H,4-7,10-11,13H2,1H3. The summed E-state index contributed by atoms with van der Waals surface area (Å²) in [6.45, 7) is 4.36. The van der Waals surface area contributed by atoms with Crippen LogP contribution in [0.1, 0.15) is 24.1 Å². The van der Waals surface area contributed by atoms with Gasteiger partial charge in [0, 0.05) is 37.3 Å². The molecule has 0 radical (unpaired) electrons. The zero-order chi connectivity index (χ0) is 17.9. The zero-order valence-electron chi connectivity index (χ0n) is 15.0. The van der Waals surface area contributed by atoms with Crippen LogP contribution >= 0.6 is 0 Å². The van der Waals surface area contributed by atoms with E-state index in [4.69, 9.17) is 4.74 Å². The minimum absolute atomic E-state index is 0.183. The Morgan fingerprint density at radius 1 is 1.31 bits per heavy atom. The van der Waals surface area contributed by atoms with Crippen molar-refractivity contribution < 1.29 is 9.13 Å². The van der Waals surface area contributed by atoms with Crippen LogP contribution < -0.4 is 0 Å². The van der Waals surface area contributed by atoms with Gasteiger partial charge in [0.1, 0.15) is 11.5 Å². The molecule has 0 aliphatic carbocycles. The first-order valence-corrected chi connectivity index (χ1v) is 9.07. The van der Waals surface area contributed by atoms with E-state index in [2.05, 4.69) is 20.2 Å². The lowest BCUT2D eigenvalue weighted by atomic mass is 9.96. The molecule has 1 saturated heterocycles. The lowest BCUT2D eigenvalue weighted by Crippen LogP contribution is -2.34. The molecule has 0 bridgehead atoms. The van der Waals surface area contributed by atoms with Gasteiger partial charge in [-0.15, -0.1) is 5.10 Å². The first kappa shape index (κ1) is 17.2. The summed E-state index contributed by atoms with van der Waals surface area (Å²) in [5.41, 5.74) is 3.03. The number of rotatable bonds is 6. The molecule has 3 aromatic rings. The van der Waals surface area contributed by atoms with Crippen molar-refractivity contribution in [2.24, 2.45) is 5.92 Å². The Labute approximate surface area is 151 Å². The summed E-state index contributed by atoms with van der Waals surface area (Å²) in [6, 6.07) is 4.92. The molecule has 0 amide bonds. The predicted octanol–water partition coefficient (Wildman–Crippen LogP) is 2.96. The van der Waals surface area contributed by atoms with Crippen molar-refractivity contribution >= 4 is 10.9 Å². The minimum Gasteiger partial charge on any atom is -0.378 e. The van der Waals surface area contributed by atoms with Gasteiger partial charge in [-0.3, -0.25) is 9.58 Å². The van der Waals surface area contributed by atoms with Gasteiger partial charge in [0.15, 0.2) is 0 Å². The van der Waals surface area contributed by atoms with Crippen LogP contribution in [0.25, 0.3) is 10.9 Å². The van der Waals surface area contributed by atoms with Crippen LogP contribution in [0, 0.1) is 11.7 Å². The Balaban J connectivity index is 1.32. The van der Waals surface area contributed by atoms with Gasteiger partial charge in [0.25, 0.3) is 0 Å². The second-order valence-corrected chi connectivity index (χ2v) is 7.09. The van der Waals surface area contributed by atoms with Crippen LogP contribution in [-0.4, -0.2) is 45.1 Å². The Hall–Kier alpha value is -2.25. The number of ether oxygens (including phenoxy) is 1. The van der Waals surface area contributed by atoms with Crippen molar-refractivity contribution in [3.8, 4) is 0 Å². The van der Waals surface area contributed by atoms with Crippen molar-refractivity contribution in [3.63, 3.8) is 0 Å². The third kappa shape index (κ3) is 3.78. The number of hydrogen-bond donors (Lipinski definition) is 1. The van der Waals surface area contributed by atoms with Crippen LogP contribution in [0.15, 0.2) is 30.6 Å². The Kier molecular flexibility index (Phi) is 4.99. The van der Waals surface area contributed by atoms with Crippen molar-refractivity contribution in [3.05, 3.63) is 47.7 Å². The maximum absolute atomic E-state index is 13.5. The Bertz CT molecular complexity index is 866. The molecule has 0 saturated carbocycles. The van der Waals surface area contributed by atoms with E-state index in [0.717, 1.165) is 55.6 Å². The van der Waals surface area contributed by atoms with Gasteiger partial charge in [-0.2, -0.15) is 0 Å². The van der Waals surface area contributed by atoms with Crippen LogP contribution in [0.2, 0.25) is 0 Å². The van der Waals surface area contributed by atoms with Gasteiger partial charge in [0.05, 0.1) is 12.8 Å². The number of aromatic amines is 1. The minimum atomic E-state index is -0.183. The molecule has 7 heteroatoms. The average Bonchev–Trinajstić information content (AvgIpc) is 3.24. The number of aromatic nitrogens is 4. The highest BCUT2D eigenvalue weighted by Crippen LogP contribution is 2.24. The van der Waals surface area contributed by atoms with Gasteiger partial charge in [0.2, 0.25) is 0 Å². The number of fused-ring (bicyclic) bond motifs is 1. The summed E-state index contributed by atoms with van der Waals surface area (Å²) < 4.78 is 20.5. The monoisotopic (exact) mass is 357 g/mol. The number of hydrogen-bond acceptors (Lipinski definition) is 4. The van der Waals surface area contributed by atoms with Gasteiger partial charge in [-0.05, 0) is 55.6 Å². The highest BCUT2D eigenvalue weighted by Gasteiger charge is 2.21. The molecule has 1 fully saturated rings. The molecule has 6 nitrogen and oxygen atoms in total. The normalized spacial score (nSPS) is 16.5. The fourth-order valence-corrected chi connectivity index (χ4v) is 3.76. The molecular weight excluding hydrogens is 333 g/mol. The Morgan fingerprint density at radius 3 is 2.96 bits per heavy atom. The zero-order valence-corrected chi connectivity index (χ0v) is 15.0. The number of likely N-dealkylation sites (tertiary alicyclic amines) is 1. The molecule has 1 aliphatic rings. The van der Waals surface area contributed by atoms with Crippen LogP contribution in [0.5, 0.6) is 0 Å². The lowest BCUT2D eigenvalue weighted by Gasteiger charge is -2.31. The van der Waals surface area contributed by atoms with E-state index in [9.17, 15) is 4.39 Å². The summed E-state index contributed by atoms with van der Waals surface area (Å²) >= 11 is 0. The smallest absolute Gasteiger partial charge is 0.123 e. The van der Waals surface area contributed by atoms with E-state index in [1.165, 1.54) is 11.6 Å². The molecule has 1 aliphatic heterocycles. The highest BCUT2D eigenvalue weighted by molar-refractivity contribution is 5.83. The number of nitrogens with one attached hydrogen (secondary N) is 1. The van der Waals surface area contributed by atoms with Gasteiger partial charge < -0.3 is 9.72 Å². The highest BCUT2D eigenvalue weighted by atomic mass is 19.1. The third-order valence-electron chi connectivity index (χ3n) is 5.15. The second kappa shape index (κ2) is 7.55. The van der Waals surface area contributed by atoms with E-state index in [1.807, 2.05) is 17.1 Å². The topological polar surface area (TPSA) is 59.0 Å². The number of piperidine rings is 1. The molecule has 26 heavy (non-hydrogen) atoms. The largest absolute Gasteiger partial charge is 0.378 e. The molecule has 4 rings (SSSR count). The van der Waals surface area contributed by atoms with Crippen LogP contribution in [0.3, 0.4) is 0 Å². The van der Waals surface area contributed by atoms with E-state index in [1.54, 1.807) is 19.2 Å². The molecule has 1 aromatic carbocycles. The number of H-pyrrole nitrogens is 1. The summed E-state index contributed by atoms with van der Waals surface area (Å²) in [5, 5.41) is 9.29. The quantitative estimate of drug-likeness (QED) is 0.737. The van der Waals surface area contributed by atoms with Crippen molar-refractivity contribution in [1.29, 1.82) is 0 Å². The summed E-state index contributed by atoms with van der Waals surface area (Å²) in [5.74, 6) is 0.432. The van der Waals surface area contributed by atoms with E-state index in [0.29, 0.717) is 12.5 Å². The van der Waals surface area contributed by atoms with E-state index >= 15 is 0 Å². The Morgan fingerprint density at radius 2 is 2.15 bits per heavy atom. The van der Waals surface area contributed by atoms with Gasteiger partial charge in [-0.1, -0.05) is 5.21 Å². The fraction of sp³-hybridized carbons (Fsp3) is 0.474. The second-order valence-electron chi connectivity index (χ2n) is 7.09. The number of benzene rings is 1. The molecule has 0 spiro atoms. The molecule has 138 valence electrons. The third-order valence-corrected chi connectivity index (χ3v) is 5.15. The molecule has 3 heterocycles. The fourth-order valence-electron chi connectivity index (χ4n) is 3.76. The number of halogens is 1. The maximum atomic E-state index is 13.5. The van der Waals surface area contributed by atoms with Crippen LogP contribution in [0.4, 0.5) is 4.39 Å². The average molecular weight is 357 g/mol. The van der Waals surface area contributed by atoms with E-state index < -0.39 is 0 Å². The SMILES string of the molecule is COCc1cn(CC2CCN(Cc3c[nH]c4ccc(F)cc34)CC2)nn1. The first-order valence-electron chi connectivity index (χ1n) is 9.07. The summed E-state index contributed by atoms with van der Waals surface area (Å²) in [4.78, 5) is 5.68. The summed E-state index contributed by atoms with van der Waals surface area (Å²) in [7, 11) is 1.66. The van der Waals surface area contributed by atoms with Crippen molar-refractivity contribution in [2.45, 2.75) is 32.5 Å². The first-order chi connectivity index (χ1) is 12.7. The molecule has 1 N–H and O–H groups in total. The number of nitrogens with zero attached hydrogens (tertiary/aromatic N) is 4. The number of methoxy groups -OCH3 is 1. The molecule has 0 unspecified atom stereocenters. The summed E-state index contributed by atoms with van der Waals surface area (Å²) in [6.07, 6.45) is 6.24. The maximum Gasteiger partial charge on any atom is 0.123 e. The van der Waals surface area contributed by atoms with Crippen molar-refractivity contribution in [2.75, 3.05) is 20.2 Å². The van der Waals surface area contributed by atoms with E-state index in [-0.39, 0.29) is 5.82 Å². The van der Waals surface area contributed by atoms with Gasteiger partial charge >= 0.3 is 0 Å². The van der Waals surface area contributed by atoms with Crippen LogP contribution in [-0.2, 0) is 24.4 Å². The lowest BCUT2D eigenvalue weighted by molar-refractivity contribution is 0.164. The van der Waals surface area contributed by atoms with Gasteiger partial charge in [-0.25, -0.2) is 4.39 Å². The van der Waals surface area contributed by atoms with Crippen molar-refractivity contribution in [1.82, 2.24) is 24.9 Å². The predicted molar refractivity (Wildman–Crippen MR) is 97.0 cm³/mol. The molecular formula is C19H24FN5O. The molecule has 0 atom stereocenters. The molecule has 2 aromatic heterocycles.